The Morgan fingerprint density at radius 3 is 2.50 bits per heavy atom. The van der Waals surface area contributed by atoms with Gasteiger partial charge in [-0.2, -0.15) is 0 Å². The van der Waals surface area contributed by atoms with Crippen LogP contribution in [0, 0.1) is 5.92 Å². The van der Waals surface area contributed by atoms with E-state index in [9.17, 15) is 4.79 Å². The Kier molecular flexibility index (Phi) is 2.83. The molecule has 1 saturated carbocycles. The van der Waals surface area contributed by atoms with Crippen molar-refractivity contribution in [1.82, 2.24) is 0 Å². The molecule has 0 spiro atoms. The fraction of sp³-hybridized carbons (Fsp3) is 0.857. The van der Waals surface area contributed by atoms with Crippen molar-refractivity contribution in [3.63, 3.8) is 0 Å². The van der Waals surface area contributed by atoms with Crippen LogP contribution in [0.5, 0.6) is 0 Å². The van der Waals surface area contributed by atoms with Crippen molar-refractivity contribution in [3.8, 4) is 0 Å². The highest BCUT2D eigenvalue weighted by molar-refractivity contribution is 6.22. The largest absolute Gasteiger partial charge is 0.481 e. The van der Waals surface area contributed by atoms with Gasteiger partial charge in [-0.1, -0.05) is 11.6 Å². The van der Waals surface area contributed by atoms with Crippen molar-refractivity contribution in [2.24, 2.45) is 11.7 Å². The lowest BCUT2D eigenvalue weighted by Crippen LogP contribution is -2.38. The topological polar surface area (TPSA) is 63.3 Å². The summed E-state index contributed by atoms with van der Waals surface area (Å²) in [5, 5.41) is 8.75. The lowest BCUT2D eigenvalue weighted by atomic mass is 9.55. The van der Waals surface area contributed by atoms with Crippen LogP contribution in [-0.2, 0) is 4.79 Å². The van der Waals surface area contributed by atoms with Gasteiger partial charge in [-0.15, -0.1) is 0 Å². The standard InChI is InChI=1S/C7H11B2NO2/c8-5-2-3(10)1-4(6(5)9)7(11)12/h3-6H,1-2,10H2,(H,11,12). The van der Waals surface area contributed by atoms with Crippen LogP contribution < -0.4 is 5.73 Å². The smallest absolute Gasteiger partial charge is 0.306 e. The summed E-state index contributed by atoms with van der Waals surface area (Å²) in [6, 6.07) is -0.124. The number of carboxylic acid groups (broad SMARTS) is 1. The molecule has 0 aromatic rings. The molecular formula is C7H11B2NO2. The Hall–Kier alpha value is -0.440. The van der Waals surface area contributed by atoms with Gasteiger partial charge in [0.1, 0.15) is 0 Å². The summed E-state index contributed by atoms with van der Waals surface area (Å²) < 4.78 is 0. The van der Waals surface area contributed by atoms with Gasteiger partial charge in [-0.25, -0.2) is 0 Å². The second-order valence-electron chi connectivity index (χ2n) is 3.42. The van der Waals surface area contributed by atoms with Gasteiger partial charge in [0.25, 0.3) is 0 Å². The Bertz CT molecular complexity index is 188. The molecule has 3 N–H and O–H groups in total. The molecule has 1 aliphatic carbocycles. The lowest BCUT2D eigenvalue weighted by Gasteiger charge is -2.35. The zero-order valence-corrected chi connectivity index (χ0v) is 6.81. The molecule has 3 nitrogen and oxygen atoms in total. The van der Waals surface area contributed by atoms with Crippen molar-refractivity contribution >= 4 is 21.7 Å². The number of carbonyl (C=O) groups is 1. The minimum Gasteiger partial charge on any atom is -0.481 e. The Labute approximate surface area is 74.5 Å². The van der Waals surface area contributed by atoms with Gasteiger partial charge in [0.15, 0.2) is 0 Å². The summed E-state index contributed by atoms with van der Waals surface area (Å²) in [5.41, 5.74) is 5.62. The van der Waals surface area contributed by atoms with E-state index in [2.05, 4.69) is 0 Å². The van der Waals surface area contributed by atoms with Crippen LogP contribution in [0.2, 0.25) is 11.6 Å². The molecule has 4 radical (unpaired) electrons. The van der Waals surface area contributed by atoms with Crippen LogP contribution in [-0.4, -0.2) is 32.8 Å². The second kappa shape index (κ2) is 3.52. The molecule has 62 valence electrons. The molecule has 1 aliphatic rings. The fourth-order valence-electron chi connectivity index (χ4n) is 1.65. The molecule has 0 aromatic carbocycles. The second-order valence-corrected chi connectivity index (χ2v) is 3.42. The van der Waals surface area contributed by atoms with E-state index in [1.165, 1.54) is 0 Å². The van der Waals surface area contributed by atoms with Gasteiger partial charge in [0.2, 0.25) is 0 Å². The molecule has 1 fully saturated rings. The summed E-state index contributed by atoms with van der Waals surface area (Å²) in [4.78, 5) is 10.7. The van der Waals surface area contributed by atoms with Crippen LogP contribution in [0.4, 0.5) is 0 Å². The first kappa shape index (κ1) is 9.65. The van der Waals surface area contributed by atoms with E-state index in [4.69, 9.17) is 26.5 Å². The third-order valence-corrected chi connectivity index (χ3v) is 2.41. The number of nitrogens with two attached hydrogens (primary N) is 1. The van der Waals surface area contributed by atoms with Crippen molar-refractivity contribution in [2.45, 2.75) is 30.5 Å². The van der Waals surface area contributed by atoms with Crippen LogP contribution >= 0.6 is 0 Å². The fourth-order valence-corrected chi connectivity index (χ4v) is 1.65. The quantitative estimate of drug-likeness (QED) is 0.522. The highest BCUT2D eigenvalue weighted by atomic mass is 16.4. The molecule has 12 heavy (non-hydrogen) atoms. The number of hydrogen-bond donors (Lipinski definition) is 2. The molecule has 0 bridgehead atoms. The molecule has 4 unspecified atom stereocenters. The molecule has 0 heterocycles. The highest BCUT2D eigenvalue weighted by Crippen LogP contribution is 2.38. The first-order valence-electron chi connectivity index (χ1n) is 4.02. The van der Waals surface area contributed by atoms with Gasteiger partial charge < -0.3 is 10.8 Å². The molecule has 0 saturated heterocycles. The zero-order chi connectivity index (χ0) is 9.30. The van der Waals surface area contributed by atoms with E-state index in [1.54, 1.807) is 0 Å². The summed E-state index contributed by atoms with van der Waals surface area (Å²) >= 11 is 0. The maximum atomic E-state index is 10.7. The van der Waals surface area contributed by atoms with E-state index < -0.39 is 17.7 Å². The molecule has 0 aliphatic heterocycles. The average molecular weight is 163 g/mol. The number of hydrogen-bond acceptors (Lipinski definition) is 2. The predicted molar refractivity (Wildman–Crippen MR) is 47.3 cm³/mol. The van der Waals surface area contributed by atoms with E-state index >= 15 is 0 Å². The summed E-state index contributed by atoms with van der Waals surface area (Å²) in [6.07, 6.45) is 1.05. The molecular weight excluding hydrogens is 152 g/mol. The van der Waals surface area contributed by atoms with Crippen LogP contribution in [0.1, 0.15) is 12.8 Å². The minimum atomic E-state index is -0.895. The van der Waals surface area contributed by atoms with Crippen LogP contribution in [0.15, 0.2) is 0 Å². The van der Waals surface area contributed by atoms with Crippen molar-refractivity contribution in [2.75, 3.05) is 0 Å². The first-order valence-corrected chi connectivity index (χ1v) is 4.02. The van der Waals surface area contributed by atoms with Crippen molar-refractivity contribution in [3.05, 3.63) is 0 Å². The van der Waals surface area contributed by atoms with Gasteiger partial charge in [-0.3, -0.25) is 4.79 Å². The van der Waals surface area contributed by atoms with Gasteiger partial charge in [0, 0.05) is 6.04 Å². The van der Waals surface area contributed by atoms with Gasteiger partial charge >= 0.3 is 5.97 Å². The van der Waals surface area contributed by atoms with E-state index in [0.717, 1.165) is 0 Å². The lowest BCUT2D eigenvalue weighted by molar-refractivity contribution is -0.142. The SMILES string of the molecule is [B]C1CC(N)CC(C(=O)O)C1[B]. The highest BCUT2D eigenvalue weighted by Gasteiger charge is 2.34. The monoisotopic (exact) mass is 163 g/mol. The average Bonchev–Trinajstić information content (AvgIpc) is 1.96. The number of rotatable bonds is 1. The summed E-state index contributed by atoms with van der Waals surface area (Å²) in [5.74, 6) is -2.21. The van der Waals surface area contributed by atoms with E-state index in [-0.39, 0.29) is 11.9 Å². The Morgan fingerprint density at radius 2 is 2.00 bits per heavy atom. The molecule has 0 amide bonds. The summed E-state index contributed by atoms with van der Waals surface area (Å²) in [6.45, 7) is 0. The minimum absolute atomic E-state index is 0.124. The Balaban J connectivity index is 2.66. The van der Waals surface area contributed by atoms with Crippen LogP contribution in [0.25, 0.3) is 0 Å². The maximum absolute atomic E-state index is 10.7. The van der Waals surface area contributed by atoms with E-state index in [1.807, 2.05) is 0 Å². The number of aliphatic carboxylic acids is 1. The van der Waals surface area contributed by atoms with Gasteiger partial charge in [0.05, 0.1) is 21.6 Å². The normalized spacial score (nSPS) is 42.4. The predicted octanol–water partition coefficient (Wildman–Crippen LogP) is -0.278. The van der Waals surface area contributed by atoms with Crippen LogP contribution in [0.3, 0.4) is 0 Å². The Morgan fingerprint density at radius 1 is 1.42 bits per heavy atom. The van der Waals surface area contributed by atoms with Crippen molar-refractivity contribution in [1.29, 1.82) is 0 Å². The molecule has 5 heteroatoms. The third-order valence-electron chi connectivity index (χ3n) is 2.41. The molecule has 4 atom stereocenters. The zero-order valence-electron chi connectivity index (χ0n) is 6.81. The first-order chi connectivity index (χ1) is 5.52. The number of carboxylic acids is 1. The van der Waals surface area contributed by atoms with Crippen molar-refractivity contribution < 1.29 is 9.90 Å². The molecule has 1 rings (SSSR count). The maximum Gasteiger partial charge on any atom is 0.306 e. The molecule has 0 aromatic heterocycles. The van der Waals surface area contributed by atoms with Gasteiger partial charge in [-0.05, 0) is 12.8 Å². The third kappa shape index (κ3) is 1.83. The summed E-state index contributed by atoms with van der Waals surface area (Å²) in [7, 11) is 11.3. The van der Waals surface area contributed by atoms with E-state index in [0.29, 0.717) is 12.8 Å².